The number of halogens is 5. The van der Waals surface area contributed by atoms with Crippen molar-refractivity contribution < 1.29 is 27.9 Å². The summed E-state index contributed by atoms with van der Waals surface area (Å²) in [5.74, 6) is -5.75. The monoisotopic (exact) mass is 461 g/mol. The van der Waals surface area contributed by atoms with E-state index in [0.29, 0.717) is 10.6 Å². The van der Waals surface area contributed by atoms with Gasteiger partial charge in [-0.15, -0.1) is 0 Å². The molecule has 0 saturated carbocycles. The van der Waals surface area contributed by atoms with Crippen LogP contribution in [-0.4, -0.2) is 23.2 Å². The van der Waals surface area contributed by atoms with Crippen molar-refractivity contribution >= 4 is 40.8 Å². The molecule has 0 spiro atoms. The van der Waals surface area contributed by atoms with E-state index in [4.69, 9.17) is 28.3 Å². The fraction of sp³-hybridized carbons (Fsp3) is 0.333. The summed E-state index contributed by atoms with van der Waals surface area (Å²) in [5, 5.41) is 11.9. The number of anilines is 1. The summed E-state index contributed by atoms with van der Waals surface area (Å²) >= 11 is 11.9. The van der Waals surface area contributed by atoms with Crippen LogP contribution in [0.3, 0.4) is 0 Å². The first-order valence-electron chi connectivity index (χ1n) is 9.04. The summed E-state index contributed by atoms with van der Waals surface area (Å²) in [7, 11) is 0. The number of aliphatic carboxylic acids is 1. The predicted octanol–water partition coefficient (Wildman–Crippen LogP) is 6.49. The van der Waals surface area contributed by atoms with Crippen molar-refractivity contribution in [3.05, 3.63) is 63.6 Å². The number of carbonyl (C=O) groups excluding carboxylic acids is 1. The number of carboxylic acid groups (broad SMARTS) is 1. The fourth-order valence-corrected chi connectivity index (χ4v) is 3.35. The minimum absolute atomic E-state index is 0.116. The van der Waals surface area contributed by atoms with Gasteiger partial charge in [0.1, 0.15) is 0 Å². The number of carbonyl (C=O) groups is 2. The van der Waals surface area contributed by atoms with Crippen molar-refractivity contribution in [3.63, 3.8) is 0 Å². The second kappa shape index (κ2) is 9.71. The SMILES string of the molecule is CC(CC(=O)O)c1ccc(Cl)c(NC(=O)[C@H](c2ccc(Cl)cc2)[C@@H](C)C(F)(F)F)c1. The fourth-order valence-electron chi connectivity index (χ4n) is 3.06. The van der Waals surface area contributed by atoms with Gasteiger partial charge in [-0.05, 0) is 41.3 Å². The molecule has 30 heavy (non-hydrogen) atoms. The van der Waals surface area contributed by atoms with Crippen LogP contribution >= 0.6 is 23.2 Å². The minimum Gasteiger partial charge on any atom is -0.481 e. The van der Waals surface area contributed by atoms with Crippen LogP contribution in [0.5, 0.6) is 0 Å². The van der Waals surface area contributed by atoms with Crippen molar-refractivity contribution in [2.24, 2.45) is 5.92 Å². The Bertz CT molecular complexity index is 917. The molecule has 1 unspecified atom stereocenters. The lowest BCUT2D eigenvalue weighted by atomic mass is 9.85. The molecule has 0 fully saturated rings. The molecule has 0 aliphatic carbocycles. The minimum atomic E-state index is -4.61. The third kappa shape index (κ3) is 6.12. The smallest absolute Gasteiger partial charge is 0.392 e. The maximum absolute atomic E-state index is 13.4. The van der Waals surface area contributed by atoms with Crippen LogP contribution in [0, 0.1) is 5.92 Å². The van der Waals surface area contributed by atoms with Gasteiger partial charge in [-0.2, -0.15) is 13.2 Å². The van der Waals surface area contributed by atoms with E-state index in [1.54, 1.807) is 13.0 Å². The van der Waals surface area contributed by atoms with E-state index < -0.39 is 29.9 Å². The topological polar surface area (TPSA) is 66.4 Å². The van der Waals surface area contributed by atoms with Gasteiger partial charge in [-0.25, -0.2) is 0 Å². The number of carboxylic acids is 1. The molecule has 0 radical (unpaired) electrons. The highest BCUT2D eigenvalue weighted by Crippen LogP contribution is 2.39. The van der Waals surface area contributed by atoms with E-state index >= 15 is 0 Å². The molecule has 2 aromatic carbocycles. The number of amides is 1. The Morgan fingerprint density at radius 1 is 1.03 bits per heavy atom. The average molecular weight is 462 g/mol. The second-order valence-corrected chi connectivity index (χ2v) is 7.93. The molecule has 3 atom stereocenters. The molecule has 0 heterocycles. The molecule has 2 rings (SSSR count). The van der Waals surface area contributed by atoms with Crippen LogP contribution in [-0.2, 0) is 9.59 Å². The van der Waals surface area contributed by atoms with Crippen LogP contribution in [0.1, 0.15) is 43.2 Å². The Labute approximate surface area is 182 Å². The van der Waals surface area contributed by atoms with Crippen molar-refractivity contribution in [2.75, 3.05) is 5.32 Å². The van der Waals surface area contributed by atoms with Gasteiger partial charge in [-0.1, -0.05) is 55.2 Å². The molecule has 0 saturated heterocycles. The van der Waals surface area contributed by atoms with Gasteiger partial charge in [0.2, 0.25) is 5.91 Å². The van der Waals surface area contributed by atoms with Crippen LogP contribution < -0.4 is 5.32 Å². The summed E-state index contributed by atoms with van der Waals surface area (Å²) in [6, 6.07) is 10.1. The molecule has 0 aliphatic rings. The number of rotatable bonds is 7. The lowest BCUT2D eigenvalue weighted by Crippen LogP contribution is -2.34. The number of nitrogens with one attached hydrogen (secondary N) is 1. The van der Waals surface area contributed by atoms with E-state index in [-0.39, 0.29) is 28.6 Å². The summed E-state index contributed by atoms with van der Waals surface area (Å²) in [6.45, 7) is 2.62. The maximum atomic E-state index is 13.4. The van der Waals surface area contributed by atoms with E-state index in [1.165, 1.54) is 36.4 Å². The van der Waals surface area contributed by atoms with Gasteiger partial charge < -0.3 is 10.4 Å². The number of hydrogen-bond acceptors (Lipinski definition) is 2. The van der Waals surface area contributed by atoms with Gasteiger partial charge in [0, 0.05) is 5.02 Å². The summed E-state index contributed by atoms with van der Waals surface area (Å²) in [4.78, 5) is 23.8. The van der Waals surface area contributed by atoms with Crippen molar-refractivity contribution in [2.45, 2.75) is 38.3 Å². The zero-order valence-corrected chi connectivity index (χ0v) is 17.6. The van der Waals surface area contributed by atoms with Gasteiger partial charge in [0.15, 0.2) is 0 Å². The van der Waals surface area contributed by atoms with Crippen LogP contribution in [0.4, 0.5) is 18.9 Å². The number of alkyl halides is 3. The Morgan fingerprint density at radius 3 is 2.13 bits per heavy atom. The van der Waals surface area contributed by atoms with Gasteiger partial charge >= 0.3 is 12.1 Å². The summed E-state index contributed by atoms with van der Waals surface area (Å²) in [5.41, 5.74) is 0.863. The summed E-state index contributed by atoms with van der Waals surface area (Å²) in [6.07, 6.45) is -4.75. The molecular weight excluding hydrogens is 442 g/mol. The highest BCUT2D eigenvalue weighted by Gasteiger charge is 2.45. The Kier molecular flexibility index (Phi) is 7.77. The molecule has 4 nitrogen and oxygen atoms in total. The van der Waals surface area contributed by atoms with Crippen LogP contribution in [0.25, 0.3) is 0 Å². The first-order valence-corrected chi connectivity index (χ1v) is 9.80. The van der Waals surface area contributed by atoms with Crippen molar-refractivity contribution in [1.29, 1.82) is 0 Å². The van der Waals surface area contributed by atoms with E-state index in [0.717, 1.165) is 6.92 Å². The molecular formula is C21H20Cl2F3NO3. The van der Waals surface area contributed by atoms with Crippen LogP contribution in [0.2, 0.25) is 10.0 Å². The molecule has 0 aliphatic heterocycles. The van der Waals surface area contributed by atoms with Crippen LogP contribution in [0.15, 0.2) is 42.5 Å². The Hall–Kier alpha value is -2.25. The van der Waals surface area contributed by atoms with Crippen molar-refractivity contribution in [1.82, 2.24) is 0 Å². The molecule has 1 amide bonds. The van der Waals surface area contributed by atoms with Gasteiger partial charge in [-0.3, -0.25) is 9.59 Å². The number of hydrogen-bond donors (Lipinski definition) is 2. The molecule has 2 aromatic rings. The third-order valence-electron chi connectivity index (χ3n) is 4.83. The molecule has 2 N–H and O–H groups in total. The Morgan fingerprint density at radius 2 is 1.60 bits per heavy atom. The van der Waals surface area contributed by atoms with E-state index in [9.17, 15) is 22.8 Å². The zero-order chi connectivity index (χ0) is 22.6. The second-order valence-electron chi connectivity index (χ2n) is 7.09. The van der Waals surface area contributed by atoms with Gasteiger partial charge in [0.05, 0.1) is 29.0 Å². The number of benzene rings is 2. The molecule has 0 bridgehead atoms. The zero-order valence-electron chi connectivity index (χ0n) is 16.1. The predicted molar refractivity (Wildman–Crippen MR) is 110 cm³/mol. The first kappa shape index (κ1) is 24.0. The van der Waals surface area contributed by atoms with Crippen molar-refractivity contribution in [3.8, 4) is 0 Å². The van der Waals surface area contributed by atoms with E-state index in [1.807, 2.05) is 0 Å². The quantitative estimate of drug-likeness (QED) is 0.494. The largest absolute Gasteiger partial charge is 0.481 e. The first-order chi connectivity index (χ1) is 13.9. The summed E-state index contributed by atoms with van der Waals surface area (Å²) < 4.78 is 40.3. The highest BCUT2D eigenvalue weighted by molar-refractivity contribution is 6.33. The maximum Gasteiger partial charge on any atom is 0.392 e. The normalized spacial score (nSPS) is 14.6. The lowest BCUT2D eigenvalue weighted by Gasteiger charge is -2.26. The highest BCUT2D eigenvalue weighted by atomic mass is 35.5. The molecule has 9 heteroatoms. The van der Waals surface area contributed by atoms with Gasteiger partial charge in [0.25, 0.3) is 0 Å². The molecule has 162 valence electrons. The average Bonchev–Trinajstić information content (AvgIpc) is 2.63. The van der Waals surface area contributed by atoms with E-state index in [2.05, 4.69) is 5.32 Å². The lowest BCUT2D eigenvalue weighted by molar-refractivity contribution is -0.178. The molecule has 0 aromatic heterocycles. The third-order valence-corrected chi connectivity index (χ3v) is 5.41. The standard InChI is InChI=1S/C21H20Cl2F3NO3/c1-11(9-18(28)29)14-5-8-16(23)17(10-14)27-20(30)19(12(2)21(24,25)26)13-3-6-15(22)7-4-13/h3-8,10-12,19H,9H2,1-2H3,(H,27,30)(H,28,29)/t11?,12-,19+/m1/s1. The Balaban J connectivity index is 2.37.